The Balaban J connectivity index is 1.59. The number of hydrogen-bond donors (Lipinski definition) is 1. The van der Waals surface area contributed by atoms with Gasteiger partial charge in [0.15, 0.2) is 0 Å². The monoisotopic (exact) mass is 342 g/mol. The van der Waals surface area contributed by atoms with Crippen molar-refractivity contribution >= 4 is 11.9 Å². The van der Waals surface area contributed by atoms with Crippen molar-refractivity contribution in [2.45, 2.75) is 39.3 Å². The lowest BCUT2D eigenvalue weighted by molar-refractivity contribution is 0.0731. The molecule has 2 aliphatic rings. The highest BCUT2D eigenvalue weighted by atomic mass is 16.2. The highest BCUT2D eigenvalue weighted by Crippen LogP contribution is 2.20. The Hall–Kier alpha value is -2.64. The molecule has 132 valence electrons. The number of carbonyl (C=O) groups is 1. The molecule has 2 aromatic rings. The van der Waals surface area contributed by atoms with Crippen LogP contribution in [0.2, 0.25) is 0 Å². The molecular formula is C17H22N6O2. The summed E-state index contributed by atoms with van der Waals surface area (Å²) in [5.41, 5.74) is 1.93. The second-order valence-corrected chi connectivity index (χ2v) is 6.57. The van der Waals surface area contributed by atoms with E-state index in [4.69, 9.17) is 0 Å². The van der Waals surface area contributed by atoms with E-state index < -0.39 is 0 Å². The quantitative estimate of drug-likeness (QED) is 0.891. The summed E-state index contributed by atoms with van der Waals surface area (Å²) < 4.78 is 1.74. The zero-order valence-corrected chi connectivity index (χ0v) is 14.4. The van der Waals surface area contributed by atoms with Gasteiger partial charge in [0.05, 0.1) is 24.0 Å². The van der Waals surface area contributed by atoms with E-state index in [1.54, 1.807) is 22.0 Å². The van der Waals surface area contributed by atoms with E-state index in [9.17, 15) is 9.59 Å². The van der Waals surface area contributed by atoms with Gasteiger partial charge in [-0.3, -0.25) is 19.3 Å². The van der Waals surface area contributed by atoms with Crippen molar-refractivity contribution in [3.05, 3.63) is 39.6 Å². The zero-order chi connectivity index (χ0) is 17.4. The maximum atomic E-state index is 12.7. The predicted molar refractivity (Wildman–Crippen MR) is 92.7 cm³/mol. The van der Waals surface area contributed by atoms with Crippen LogP contribution in [0.25, 0.3) is 0 Å². The lowest BCUT2D eigenvalue weighted by Gasteiger charge is -2.28. The Labute approximate surface area is 145 Å². The second-order valence-electron chi connectivity index (χ2n) is 6.57. The summed E-state index contributed by atoms with van der Waals surface area (Å²) in [5, 5.41) is 4.17. The van der Waals surface area contributed by atoms with E-state index in [2.05, 4.69) is 20.0 Å². The van der Waals surface area contributed by atoms with Gasteiger partial charge >= 0.3 is 0 Å². The van der Waals surface area contributed by atoms with Gasteiger partial charge in [-0.05, 0) is 26.2 Å². The Kier molecular flexibility index (Phi) is 4.03. The van der Waals surface area contributed by atoms with Crippen LogP contribution < -0.4 is 10.5 Å². The van der Waals surface area contributed by atoms with E-state index in [0.29, 0.717) is 42.3 Å². The van der Waals surface area contributed by atoms with E-state index in [1.165, 1.54) is 0 Å². The first-order valence-electron chi connectivity index (χ1n) is 8.84. The molecule has 1 N–H and O–H groups in total. The lowest BCUT2D eigenvalue weighted by atomic mass is 10.1. The van der Waals surface area contributed by atoms with Crippen molar-refractivity contribution in [2.24, 2.45) is 0 Å². The fourth-order valence-corrected chi connectivity index (χ4v) is 3.51. The van der Waals surface area contributed by atoms with E-state index in [1.807, 2.05) is 6.92 Å². The van der Waals surface area contributed by atoms with Crippen molar-refractivity contribution < 1.29 is 4.79 Å². The highest BCUT2D eigenvalue weighted by molar-refractivity contribution is 5.93. The van der Waals surface area contributed by atoms with Crippen LogP contribution in [0.4, 0.5) is 5.95 Å². The van der Waals surface area contributed by atoms with Crippen LogP contribution >= 0.6 is 0 Å². The Morgan fingerprint density at radius 2 is 2.08 bits per heavy atom. The number of aromatic amines is 1. The minimum Gasteiger partial charge on any atom is -0.342 e. The molecule has 2 aliphatic heterocycles. The number of H-pyrrole nitrogens is 1. The van der Waals surface area contributed by atoms with Gasteiger partial charge in [0.25, 0.3) is 11.5 Å². The van der Waals surface area contributed by atoms with Crippen molar-refractivity contribution in [3.8, 4) is 0 Å². The molecule has 8 heteroatoms. The molecule has 0 spiro atoms. The number of carbonyl (C=O) groups excluding carboxylic acids is 1. The third-order valence-electron chi connectivity index (χ3n) is 4.96. The van der Waals surface area contributed by atoms with Crippen molar-refractivity contribution in [1.29, 1.82) is 0 Å². The molecule has 0 unspecified atom stereocenters. The molecule has 0 bridgehead atoms. The van der Waals surface area contributed by atoms with Crippen molar-refractivity contribution in [1.82, 2.24) is 24.6 Å². The summed E-state index contributed by atoms with van der Waals surface area (Å²) in [6.45, 7) is 5.44. The van der Waals surface area contributed by atoms with Crippen molar-refractivity contribution in [3.63, 3.8) is 0 Å². The smallest absolute Gasteiger partial charge is 0.257 e. The van der Waals surface area contributed by atoms with Crippen LogP contribution in [0.15, 0.2) is 17.2 Å². The molecule has 4 rings (SSSR count). The minimum absolute atomic E-state index is 0.0600. The second kappa shape index (κ2) is 6.34. The van der Waals surface area contributed by atoms with E-state index in [-0.39, 0.29) is 11.5 Å². The van der Waals surface area contributed by atoms with Gasteiger partial charge < -0.3 is 9.80 Å². The fraction of sp³-hybridized carbons (Fsp3) is 0.529. The molecule has 0 aromatic carbocycles. The summed E-state index contributed by atoms with van der Waals surface area (Å²) in [7, 11) is 0. The number of fused-ring (bicyclic) bond motifs is 1. The first-order chi connectivity index (χ1) is 12.2. The summed E-state index contributed by atoms with van der Waals surface area (Å²) in [4.78, 5) is 36.5. The van der Waals surface area contributed by atoms with Crippen LogP contribution in [0, 0.1) is 0 Å². The first kappa shape index (κ1) is 15.9. The minimum atomic E-state index is -0.0715. The molecular weight excluding hydrogens is 320 g/mol. The van der Waals surface area contributed by atoms with Gasteiger partial charge in [-0.15, -0.1) is 0 Å². The van der Waals surface area contributed by atoms with Crippen LogP contribution in [-0.2, 0) is 19.5 Å². The maximum absolute atomic E-state index is 12.7. The average Bonchev–Trinajstić information content (AvgIpc) is 3.32. The zero-order valence-electron chi connectivity index (χ0n) is 14.4. The fourth-order valence-electron chi connectivity index (χ4n) is 3.51. The molecule has 1 amide bonds. The summed E-state index contributed by atoms with van der Waals surface area (Å²) in [6.07, 6.45) is 6.13. The molecule has 2 aromatic heterocycles. The number of amides is 1. The van der Waals surface area contributed by atoms with Gasteiger partial charge in [-0.2, -0.15) is 5.10 Å². The molecule has 4 heterocycles. The van der Waals surface area contributed by atoms with Gasteiger partial charge in [0.1, 0.15) is 0 Å². The molecule has 0 aliphatic carbocycles. The van der Waals surface area contributed by atoms with Crippen molar-refractivity contribution in [2.75, 3.05) is 24.5 Å². The third-order valence-corrected chi connectivity index (χ3v) is 4.96. The molecule has 0 atom stereocenters. The Morgan fingerprint density at radius 1 is 1.28 bits per heavy atom. The van der Waals surface area contributed by atoms with Crippen LogP contribution in [-0.4, -0.2) is 50.2 Å². The maximum Gasteiger partial charge on any atom is 0.257 e. The van der Waals surface area contributed by atoms with Crippen LogP contribution in [0.3, 0.4) is 0 Å². The van der Waals surface area contributed by atoms with Gasteiger partial charge in [0, 0.05) is 37.9 Å². The van der Waals surface area contributed by atoms with Gasteiger partial charge in [0.2, 0.25) is 5.95 Å². The SMILES string of the molecule is CCn1cc(C(=O)N2CCc3c(nc(N4CCCC4)[nH]c3=O)C2)cn1. The summed E-state index contributed by atoms with van der Waals surface area (Å²) >= 11 is 0. The number of nitrogens with one attached hydrogen (secondary N) is 1. The topological polar surface area (TPSA) is 87.1 Å². The molecule has 1 fully saturated rings. The first-order valence-corrected chi connectivity index (χ1v) is 8.84. The highest BCUT2D eigenvalue weighted by Gasteiger charge is 2.27. The normalized spacial score (nSPS) is 17.0. The van der Waals surface area contributed by atoms with Gasteiger partial charge in [-0.25, -0.2) is 4.98 Å². The molecule has 0 saturated carbocycles. The summed E-state index contributed by atoms with van der Waals surface area (Å²) in [5.74, 6) is 0.574. The number of aryl methyl sites for hydroxylation is 1. The average molecular weight is 342 g/mol. The number of nitrogens with zero attached hydrogens (tertiary/aromatic N) is 5. The largest absolute Gasteiger partial charge is 0.342 e. The Morgan fingerprint density at radius 3 is 2.80 bits per heavy atom. The molecule has 8 nitrogen and oxygen atoms in total. The Bertz CT molecular complexity index is 849. The lowest BCUT2D eigenvalue weighted by Crippen LogP contribution is -2.39. The number of aromatic nitrogens is 4. The third kappa shape index (κ3) is 2.92. The molecule has 25 heavy (non-hydrogen) atoms. The molecule has 1 saturated heterocycles. The number of rotatable bonds is 3. The van der Waals surface area contributed by atoms with Crippen LogP contribution in [0.5, 0.6) is 0 Å². The number of hydrogen-bond acceptors (Lipinski definition) is 5. The number of anilines is 1. The van der Waals surface area contributed by atoms with E-state index in [0.717, 1.165) is 32.5 Å². The standard InChI is InChI=1S/C17H22N6O2/c1-2-23-10-12(9-18-23)16(25)22-8-5-13-14(11-22)19-17(20-15(13)24)21-6-3-4-7-21/h9-10H,2-8,11H2,1H3,(H,19,20,24). The summed E-state index contributed by atoms with van der Waals surface area (Å²) in [6, 6.07) is 0. The van der Waals surface area contributed by atoms with E-state index >= 15 is 0 Å². The molecule has 0 radical (unpaired) electrons. The van der Waals surface area contributed by atoms with Gasteiger partial charge in [-0.1, -0.05) is 0 Å². The van der Waals surface area contributed by atoms with Crippen LogP contribution in [0.1, 0.15) is 41.4 Å². The predicted octanol–water partition coefficient (Wildman–Crippen LogP) is 0.785.